The number of nitrogens with zero attached hydrogens (tertiary/aromatic N) is 1. The summed E-state index contributed by atoms with van der Waals surface area (Å²) in [6.07, 6.45) is 1.91. The Morgan fingerprint density at radius 1 is 1.15 bits per heavy atom. The molecule has 10 heteroatoms. The first kappa shape index (κ1) is 19.1. The highest BCUT2D eigenvalue weighted by Gasteiger charge is 2.31. The second-order valence-electron chi connectivity index (χ2n) is 6.58. The van der Waals surface area contributed by atoms with Gasteiger partial charge >= 0.3 is 6.03 Å². The van der Waals surface area contributed by atoms with Crippen LogP contribution in [0.1, 0.15) is 12.8 Å². The predicted octanol–water partition coefficient (Wildman–Crippen LogP) is -0.783. The molecule has 0 aromatic heterocycles. The molecule has 1 saturated carbocycles. The maximum atomic E-state index is 12.6. The van der Waals surface area contributed by atoms with Crippen LogP contribution < -0.4 is 15.5 Å². The molecule has 1 aromatic carbocycles. The Labute approximate surface area is 157 Å². The highest BCUT2D eigenvalue weighted by atomic mass is 35.5. The number of imide groups is 1. The van der Waals surface area contributed by atoms with Gasteiger partial charge in [-0.1, -0.05) is 11.6 Å². The zero-order valence-electron chi connectivity index (χ0n) is 14.2. The fourth-order valence-electron chi connectivity index (χ4n) is 2.82. The number of halogens is 1. The maximum absolute atomic E-state index is 12.6. The van der Waals surface area contributed by atoms with E-state index in [1.165, 1.54) is 16.4 Å². The lowest BCUT2D eigenvalue weighted by Crippen LogP contribution is -3.15. The highest BCUT2D eigenvalue weighted by molar-refractivity contribution is 7.89. The normalized spacial score (nSPS) is 19.1. The summed E-state index contributed by atoms with van der Waals surface area (Å²) in [6.45, 7) is 1.80. The lowest BCUT2D eigenvalue weighted by Gasteiger charge is -2.31. The van der Waals surface area contributed by atoms with E-state index in [0.717, 1.165) is 17.7 Å². The average Bonchev–Trinajstić information content (AvgIpc) is 3.39. The molecular weight excluding hydrogens is 380 g/mol. The number of benzene rings is 1. The summed E-state index contributed by atoms with van der Waals surface area (Å²) in [7, 11) is -3.56. The minimum absolute atomic E-state index is 0.146. The van der Waals surface area contributed by atoms with Crippen molar-refractivity contribution in [2.24, 2.45) is 0 Å². The molecule has 2 fully saturated rings. The van der Waals surface area contributed by atoms with Crippen LogP contribution >= 0.6 is 11.6 Å². The zero-order valence-corrected chi connectivity index (χ0v) is 15.8. The summed E-state index contributed by atoms with van der Waals surface area (Å²) in [5, 5.41) is 5.49. The molecular formula is C16H22ClN4O4S+. The summed E-state index contributed by atoms with van der Waals surface area (Å²) in [4.78, 5) is 24.6. The summed E-state index contributed by atoms with van der Waals surface area (Å²) in [5.41, 5.74) is 0. The van der Waals surface area contributed by atoms with Crippen molar-refractivity contribution < 1.29 is 22.9 Å². The predicted molar refractivity (Wildman–Crippen MR) is 95.5 cm³/mol. The molecule has 3 rings (SSSR count). The number of hydrogen-bond donors (Lipinski definition) is 3. The number of piperazine rings is 1. The van der Waals surface area contributed by atoms with E-state index in [-0.39, 0.29) is 23.4 Å². The van der Waals surface area contributed by atoms with E-state index in [1.807, 2.05) is 0 Å². The van der Waals surface area contributed by atoms with Crippen molar-refractivity contribution in [1.29, 1.82) is 0 Å². The van der Waals surface area contributed by atoms with Crippen LogP contribution in [-0.4, -0.2) is 63.4 Å². The molecule has 142 valence electrons. The van der Waals surface area contributed by atoms with Gasteiger partial charge in [0, 0.05) is 11.1 Å². The van der Waals surface area contributed by atoms with Crippen LogP contribution in [0.5, 0.6) is 0 Å². The highest BCUT2D eigenvalue weighted by Crippen LogP contribution is 2.19. The minimum atomic E-state index is -3.56. The number of nitrogens with one attached hydrogen (secondary N) is 3. The first-order chi connectivity index (χ1) is 12.3. The Kier molecular flexibility index (Phi) is 5.81. The quantitative estimate of drug-likeness (QED) is 0.602. The number of amides is 3. The average molecular weight is 402 g/mol. The lowest BCUT2D eigenvalue weighted by molar-refractivity contribution is -0.895. The second-order valence-corrected chi connectivity index (χ2v) is 8.96. The van der Waals surface area contributed by atoms with Crippen LogP contribution in [0.3, 0.4) is 0 Å². The summed E-state index contributed by atoms with van der Waals surface area (Å²) in [5.74, 6) is -0.354. The molecule has 0 spiro atoms. The van der Waals surface area contributed by atoms with Gasteiger partial charge in [0.2, 0.25) is 10.0 Å². The third kappa shape index (κ3) is 4.94. The van der Waals surface area contributed by atoms with Crippen molar-refractivity contribution in [3.63, 3.8) is 0 Å². The van der Waals surface area contributed by atoms with Crippen LogP contribution in [-0.2, 0) is 14.8 Å². The first-order valence-electron chi connectivity index (χ1n) is 8.54. The van der Waals surface area contributed by atoms with Crippen LogP contribution in [0.15, 0.2) is 29.2 Å². The number of carbonyl (C=O) groups is 2. The van der Waals surface area contributed by atoms with Gasteiger partial charge in [-0.05, 0) is 37.1 Å². The number of urea groups is 1. The van der Waals surface area contributed by atoms with E-state index in [2.05, 4.69) is 10.6 Å². The van der Waals surface area contributed by atoms with Crippen molar-refractivity contribution in [3.05, 3.63) is 29.3 Å². The van der Waals surface area contributed by atoms with Crippen LogP contribution in [0.2, 0.25) is 5.02 Å². The van der Waals surface area contributed by atoms with Crippen LogP contribution in [0, 0.1) is 0 Å². The third-order valence-corrected chi connectivity index (χ3v) is 6.62. The Balaban J connectivity index is 1.48. The third-order valence-electron chi connectivity index (χ3n) is 4.46. The SMILES string of the molecule is O=C(C[NH+]1CCN(S(=O)(=O)c2ccc(Cl)cc2)CC1)NC(=O)NC1CC1. The van der Waals surface area contributed by atoms with Gasteiger partial charge in [-0.3, -0.25) is 10.1 Å². The summed E-state index contributed by atoms with van der Waals surface area (Å²) in [6, 6.07) is 5.81. The van der Waals surface area contributed by atoms with E-state index in [1.54, 1.807) is 12.1 Å². The summed E-state index contributed by atoms with van der Waals surface area (Å²) < 4.78 is 26.7. The van der Waals surface area contributed by atoms with Gasteiger partial charge in [-0.15, -0.1) is 0 Å². The first-order valence-corrected chi connectivity index (χ1v) is 10.4. The molecule has 1 aromatic rings. The smallest absolute Gasteiger partial charge is 0.321 e. The van der Waals surface area contributed by atoms with E-state index in [9.17, 15) is 18.0 Å². The standard InChI is InChI=1S/C16H21ClN4O4S/c17-12-1-5-14(6-2-12)26(24,25)21-9-7-20(8-10-21)11-15(22)19-16(23)18-13-3-4-13/h1-2,5-6,13H,3-4,7-11H2,(H2,18,19,22,23)/p+1. The van der Waals surface area contributed by atoms with Gasteiger partial charge in [-0.2, -0.15) is 4.31 Å². The molecule has 8 nitrogen and oxygen atoms in total. The number of sulfonamides is 1. The monoisotopic (exact) mass is 401 g/mol. The molecule has 1 saturated heterocycles. The zero-order chi connectivity index (χ0) is 18.7. The molecule has 0 bridgehead atoms. The molecule has 1 heterocycles. The topological polar surface area (TPSA) is 100 Å². The van der Waals surface area contributed by atoms with Gasteiger partial charge in [0.25, 0.3) is 5.91 Å². The lowest BCUT2D eigenvalue weighted by atomic mass is 10.3. The molecule has 3 N–H and O–H groups in total. The molecule has 1 aliphatic heterocycles. The Morgan fingerprint density at radius 3 is 2.35 bits per heavy atom. The van der Waals surface area contributed by atoms with Crippen LogP contribution in [0.4, 0.5) is 4.79 Å². The van der Waals surface area contributed by atoms with Crippen molar-refractivity contribution in [2.45, 2.75) is 23.8 Å². The largest absolute Gasteiger partial charge is 0.335 e. The number of hydrogen-bond acceptors (Lipinski definition) is 4. The van der Waals surface area contributed by atoms with Crippen molar-refractivity contribution in [2.75, 3.05) is 32.7 Å². The molecule has 0 radical (unpaired) electrons. The van der Waals surface area contributed by atoms with Crippen molar-refractivity contribution in [3.8, 4) is 0 Å². The maximum Gasteiger partial charge on any atom is 0.321 e. The van der Waals surface area contributed by atoms with Crippen molar-refractivity contribution >= 4 is 33.6 Å². The van der Waals surface area contributed by atoms with Crippen molar-refractivity contribution in [1.82, 2.24) is 14.9 Å². The van der Waals surface area contributed by atoms with E-state index < -0.39 is 16.1 Å². The Bertz CT molecular complexity index is 772. The molecule has 0 unspecified atom stereocenters. The van der Waals surface area contributed by atoms with Gasteiger partial charge in [0.05, 0.1) is 31.1 Å². The van der Waals surface area contributed by atoms with E-state index in [4.69, 9.17) is 11.6 Å². The van der Waals surface area contributed by atoms with Gasteiger partial charge < -0.3 is 10.2 Å². The van der Waals surface area contributed by atoms with Gasteiger partial charge in [0.1, 0.15) is 0 Å². The van der Waals surface area contributed by atoms with Gasteiger partial charge in [0.15, 0.2) is 6.54 Å². The Morgan fingerprint density at radius 2 is 1.77 bits per heavy atom. The molecule has 2 aliphatic rings. The Hall–Kier alpha value is -1.68. The fourth-order valence-corrected chi connectivity index (χ4v) is 4.39. The van der Waals surface area contributed by atoms with E-state index >= 15 is 0 Å². The number of quaternary nitrogens is 1. The van der Waals surface area contributed by atoms with Gasteiger partial charge in [-0.25, -0.2) is 13.2 Å². The molecule has 26 heavy (non-hydrogen) atoms. The summed E-state index contributed by atoms with van der Waals surface area (Å²) >= 11 is 5.80. The minimum Gasteiger partial charge on any atom is -0.335 e. The molecule has 3 amide bonds. The number of rotatable bonds is 5. The second kappa shape index (κ2) is 7.91. The van der Waals surface area contributed by atoms with Crippen LogP contribution in [0.25, 0.3) is 0 Å². The molecule has 1 aliphatic carbocycles. The fraction of sp³-hybridized carbons (Fsp3) is 0.500. The molecule has 0 atom stereocenters. The van der Waals surface area contributed by atoms with E-state index in [0.29, 0.717) is 31.2 Å². The number of carbonyl (C=O) groups excluding carboxylic acids is 2.